The summed E-state index contributed by atoms with van der Waals surface area (Å²) in [5.74, 6) is 0.173. The average molecular weight is 320 g/mol. The van der Waals surface area contributed by atoms with Gasteiger partial charge >= 0.3 is 5.97 Å². The lowest BCUT2D eigenvalue weighted by Gasteiger charge is -2.33. The van der Waals surface area contributed by atoms with Gasteiger partial charge in [0.15, 0.2) is 0 Å². The van der Waals surface area contributed by atoms with Crippen molar-refractivity contribution >= 4 is 11.9 Å². The van der Waals surface area contributed by atoms with Crippen molar-refractivity contribution in [3.05, 3.63) is 17.0 Å². The predicted octanol–water partition coefficient (Wildman–Crippen LogP) is 2.47. The van der Waals surface area contributed by atoms with E-state index < -0.39 is 12.0 Å². The Morgan fingerprint density at radius 1 is 1.30 bits per heavy atom. The normalized spacial score (nSPS) is 27.0. The first-order chi connectivity index (χ1) is 11.0. The van der Waals surface area contributed by atoms with E-state index in [4.69, 9.17) is 4.52 Å². The molecule has 1 aliphatic heterocycles. The van der Waals surface area contributed by atoms with Gasteiger partial charge in [-0.2, -0.15) is 0 Å². The Kier molecular flexibility index (Phi) is 4.41. The van der Waals surface area contributed by atoms with Crippen LogP contribution in [0.25, 0.3) is 0 Å². The molecule has 1 aliphatic carbocycles. The number of fused-ring (bicyclic) bond motifs is 1. The number of hydrogen-bond donors (Lipinski definition) is 1. The number of hydrogen-bond acceptors (Lipinski definition) is 4. The lowest BCUT2D eigenvalue weighted by molar-refractivity contribution is -0.149. The number of carboxylic acid groups (broad SMARTS) is 1. The monoisotopic (exact) mass is 320 g/mol. The van der Waals surface area contributed by atoms with E-state index in [1.165, 1.54) is 0 Å². The van der Waals surface area contributed by atoms with E-state index in [0.29, 0.717) is 25.2 Å². The highest BCUT2D eigenvalue weighted by atomic mass is 16.5. The van der Waals surface area contributed by atoms with Gasteiger partial charge in [-0.3, -0.25) is 4.79 Å². The van der Waals surface area contributed by atoms with Gasteiger partial charge < -0.3 is 14.5 Å². The number of carbonyl (C=O) groups is 2. The molecule has 6 nitrogen and oxygen atoms in total. The first-order valence-corrected chi connectivity index (χ1v) is 8.44. The van der Waals surface area contributed by atoms with E-state index in [0.717, 1.165) is 42.7 Å². The van der Waals surface area contributed by atoms with Crippen LogP contribution in [0.3, 0.4) is 0 Å². The summed E-state index contributed by atoms with van der Waals surface area (Å²) in [7, 11) is 0. The number of likely N-dealkylation sites (tertiary alicyclic amines) is 1. The van der Waals surface area contributed by atoms with Crippen LogP contribution in [0.15, 0.2) is 4.52 Å². The molecule has 1 amide bonds. The molecule has 1 saturated carbocycles. The summed E-state index contributed by atoms with van der Waals surface area (Å²) >= 11 is 0. The second kappa shape index (κ2) is 6.34. The minimum absolute atomic E-state index is 0.0493. The van der Waals surface area contributed by atoms with E-state index in [1.54, 1.807) is 4.90 Å². The summed E-state index contributed by atoms with van der Waals surface area (Å²) in [5, 5.41) is 13.4. The highest BCUT2D eigenvalue weighted by Crippen LogP contribution is 2.40. The predicted molar refractivity (Wildman–Crippen MR) is 82.9 cm³/mol. The van der Waals surface area contributed by atoms with Crippen LogP contribution in [0, 0.1) is 19.8 Å². The van der Waals surface area contributed by atoms with Crippen molar-refractivity contribution < 1.29 is 19.2 Å². The maximum atomic E-state index is 12.7. The van der Waals surface area contributed by atoms with Gasteiger partial charge in [0.2, 0.25) is 5.91 Å². The number of nitrogens with zero attached hydrogens (tertiary/aromatic N) is 2. The molecule has 1 aromatic heterocycles. The largest absolute Gasteiger partial charge is 0.480 e. The first kappa shape index (κ1) is 16.0. The van der Waals surface area contributed by atoms with Crippen molar-refractivity contribution in [3.63, 3.8) is 0 Å². The summed E-state index contributed by atoms with van der Waals surface area (Å²) in [6.07, 6.45) is 5.69. The highest BCUT2D eigenvalue weighted by Gasteiger charge is 2.47. The van der Waals surface area contributed by atoms with E-state index in [9.17, 15) is 14.7 Å². The molecule has 0 bridgehead atoms. The molecule has 1 N–H and O–H groups in total. The van der Waals surface area contributed by atoms with Crippen molar-refractivity contribution in [2.24, 2.45) is 5.92 Å². The van der Waals surface area contributed by atoms with Gasteiger partial charge in [-0.25, -0.2) is 4.79 Å². The molecule has 23 heavy (non-hydrogen) atoms. The number of aryl methyl sites for hydroxylation is 2. The van der Waals surface area contributed by atoms with E-state index in [2.05, 4.69) is 5.16 Å². The molecule has 2 heterocycles. The molecule has 126 valence electrons. The number of amides is 1. The van der Waals surface area contributed by atoms with Gasteiger partial charge in [0, 0.05) is 18.0 Å². The smallest absolute Gasteiger partial charge is 0.326 e. The molecule has 3 rings (SSSR count). The number of aromatic nitrogens is 1. The fourth-order valence-electron chi connectivity index (χ4n) is 4.26. The topological polar surface area (TPSA) is 83.6 Å². The van der Waals surface area contributed by atoms with Gasteiger partial charge in [0.25, 0.3) is 0 Å². The Morgan fingerprint density at radius 2 is 2.04 bits per heavy atom. The lowest BCUT2D eigenvalue weighted by atomic mass is 9.84. The minimum atomic E-state index is -0.870. The summed E-state index contributed by atoms with van der Waals surface area (Å²) < 4.78 is 5.13. The number of aliphatic carboxylic acids is 1. The third-order valence-corrected chi connectivity index (χ3v) is 5.43. The highest BCUT2D eigenvalue weighted by molar-refractivity contribution is 5.85. The Hall–Kier alpha value is -1.85. The van der Waals surface area contributed by atoms with Crippen LogP contribution in [0.4, 0.5) is 0 Å². The fourth-order valence-corrected chi connectivity index (χ4v) is 4.26. The molecule has 1 saturated heterocycles. The molecule has 0 unspecified atom stereocenters. The van der Waals surface area contributed by atoms with Crippen LogP contribution >= 0.6 is 0 Å². The van der Waals surface area contributed by atoms with E-state index in [-0.39, 0.29) is 11.9 Å². The first-order valence-electron chi connectivity index (χ1n) is 8.44. The standard InChI is InChI=1S/C17H24N2O4/c1-10-13(11(2)23-18-10)7-8-16(20)19-14-6-4-3-5-12(14)9-15(19)17(21)22/h12,14-15H,3-9H2,1-2H3,(H,21,22)/t12-,14+,15-/m0/s1. The van der Waals surface area contributed by atoms with Crippen molar-refractivity contribution in [2.45, 2.75) is 70.9 Å². The van der Waals surface area contributed by atoms with Crippen LogP contribution in [0.5, 0.6) is 0 Å². The summed E-state index contributed by atoms with van der Waals surface area (Å²) in [6.45, 7) is 3.70. The zero-order chi connectivity index (χ0) is 16.6. The maximum Gasteiger partial charge on any atom is 0.326 e. The molecular weight excluding hydrogens is 296 g/mol. The third-order valence-electron chi connectivity index (χ3n) is 5.43. The molecular formula is C17H24N2O4. The van der Waals surface area contributed by atoms with Crippen molar-refractivity contribution in [1.82, 2.24) is 10.1 Å². The SMILES string of the molecule is Cc1noc(C)c1CCC(=O)N1[C@@H]2CCCC[C@H]2C[C@H]1C(=O)O. The molecule has 6 heteroatoms. The zero-order valence-corrected chi connectivity index (χ0v) is 13.7. The van der Waals surface area contributed by atoms with Gasteiger partial charge in [-0.05, 0) is 45.4 Å². The van der Waals surface area contributed by atoms with Crippen molar-refractivity contribution in [3.8, 4) is 0 Å². The van der Waals surface area contributed by atoms with Crippen LogP contribution in [0.2, 0.25) is 0 Å². The third kappa shape index (κ3) is 2.99. The number of carboxylic acids is 1. The Bertz CT molecular complexity index is 590. The van der Waals surface area contributed by atoms with Crippen LogP contribution in [-0.4, -0.2) is 39.1 Å². The molecule has 0 spiro atoms. The summed E-state index contributed by atoms with van der Waals surface area (Å²) in [5.41, 5.74) is 1.77. The maximum absolute atomic E-state index is 12.7. The molecule has 3 atom stereocenters. The van der Waals surface area contributed by atoms with Crippen LogP contribution in [-0.2, 0) is 16.0 Å². The molecule has 1 aromatic rings. The van der Waals surface area contributed by atoms with Crippen molar-refractivity contribution in [2.75, 3.05) is 0 Å². The van der Waals surface area contributed by atoms with Gasteiger partial charge in [0.1, 0.15) is 11.8 Å². The second-order valence-electron chi connectivity index (χ2n) is 6.81. The number of carbonyl (C=O) groups excluding carboxylic acids is 1. The Morgan fingerprint density at radius 3 is 2.70 bits per heavy atom. The molecule has 0 radical (unpaired) electrons. The Labute approximate surface area is 135 Å². The quantitative estimate of drug-likeness (QED) is 0.921. The lowest BCUT2D eigenvalue weighted by Crippen LogP contribution is -2.46. The van der Waals surface area contributed by atoms with Crippen LogP contribution < -0.4 is 0 Å². The number of rotatable bonds is 4. The molecule has 2 fully saturated rings. The Balaban J connectivity index is 1.72. The fraction of sp³-hybridized carbons (Fsp3) is 0.706. The molecule has 2 aliphatic rings. The van der Waals surface area contributed by atoms with Crippen molar-refractivity contribution in [1.29, 1.82) is 0 Å². The average Bonchev–Trinajstić information content (AvgIpc) is 3.06. The van der Waals surface area contributed by atoms with E-state index in [1.807, 2.05) is 13.8 Å². The van der Waals surface area contributed by atoms with Gasteiger partial charge in [-0.1, -0.05) is 18.0 Å². The summed E-state index contributed by atoms with van der Waals surface area (Å²) in [4.78, 5) is 26.0. The van der Waals surface area contributed by atoms with Gasteiger partial charge in [0.05, 0.1) is 5.69 Å². The summed E-state index contributed by atoms with van der Waals surface area (Å²) in [6, 6.07) is -0.540. The second-order valence-corrected chi connectivity index (χ2v) is 6.81. The van der Waals surface area contributed by atoms with Crippen LogP contribution in [0.1, 0.15) is 55.5 Å². The van der Waals surface area contributed by atoms with E-state index >= 15 is 0 Å². The molecule has 0 aromatic carbocycles. The minimum Gasteiger partial charge on any atom is -0.480 e. The van der Waals surface area contributed by atoms with Gasteiger partial charge in [-0.15, -0.1) is 0 Å². The zero-order valence-electron chi connectivity index (χ0n) is 13.7.